The average Bonchev–Trinajstić information content (AvgIpc) is 3.21. The predicted octanol–water partition coefficient (Wildman–Crippen LogP) is 1.88. The van der Waals surface area contributed by atoms with Gasteiger partial charge in [0.25, 0.3) is 5.91 Å². The number of ether oxygens (including phenoxy) is 1. The van der Waals surface area contributed by atoms with Crippen molar-refractivity contribution >= 4 is 11.7 Å². The molecule has 1 unspecified atom stereocenters. The molecule has 1 amide bonds. The summed E-state index contributed by atoms with van der Waals surface area (Å²) >= 11 is 0. The van der Waals surface area contributed by atoms with Crippen molar-refractivity contribution in [3.05, 3.63) is 22.5 Å². The number of H-pyrrole nitrogens is 1. The molecule has 2 fully saturated rings. The summed E-state index contributed by atoms with van der Waals surface area (Å²) in [5.41, 5.74) is 2.95. The summed E-state index contributed by atoms with van der Waals surface area (Å²) in [5.74, 6) is 0.683. The number of amides is 1. The van der Waals surface area contributed by atoms with Crippen LogP contribution in [0.15, 0.2) is 0 Å². The standard InChI is InChI=1S/C19H29N3O3/c1-4-16-17(14(3)23)13(2)20-18(16)19(24)22-8-6-21(7-9-22)11-15-5-10-25-12-15/h15,20H,4-12H2,1-3H3. The molecule has 3 heterocycles. The van der Waals surface area contributed by atoms with Crippen LogP contribution in [0.2, 0.25) is 0 Å². The SMILES string of the molecule is CCc1c(C(=O)N2CCN(CC3CCOC3)CC2)[nH]c(C)c1C(C)=O. The van der Waals surface area contributed by atoms with E-state index in [0.717, 1.165) is 63.6 Å². The average molecular weight is 347 g/mol. The van der Waals surface area contributed by atoms with E-state index in [0.29, 0.717) is 23.6 Å². The third-order valence-corrected chi connectivity index (χ3v) is 5.41. The molecule has 25 heavy (non-hydrogen) atoms. The molecule has 0 saturated carbocycles. The van der Waals surface area contributed by atoms with Crippen LogP contribution in [0.4, 0.5) is 0 Å². The summed E-state index contributed by atoms with van der Waals surface area (Å²) in [4.78, 5) is 32.4. The van der Waals surface area contributed by atoms with Gasteiger partial charge in [-0.15, -0.1) is 0 Å². The minimum Gasteiger partial charge on any atom is -0.381 e. The number of Topliss-reactive ketones (excluding diaryl/α,β-unsaturated/α-hetero) is 1. The topological polar surface area (TPSA) is 65.6 Å². The second-order valence-electron chi connectivity index (χ2n) is 7.21. The maximum atomic E-state index is 13.0. The van der Waals surface area contributed by atoms with Gasteiger partial charge in [0.15, 0.2) is 5.78 Å². The largest absolute Gasteiger partial charge is 0.381 e. The van der Waals surface area contributed by atoms with Crippen molar-refractivity contribution in [2.45, 2.75) is 33.6 Å². The van der Waals surface area contributed by atoms with E-state index in [1.807, 2.05) is 18.7 Å². The molecule has 2 saturated heterocycles. The van der Waals surface area contributed by atoms with Crippen LogP contribution in [-0.2, 0) is 11.2 Å². The normalized spacial score (nSPS) is 21.7. The summed E-state index contributed by atoms with van der Waals surface area (Å²) in [6.45, 7) is 11.5. The zero-order valence-corrected chi connectivity index (χ0v) is 15.6. The smallest absolute Gasteiger partial charge is 0.270 e. The molecule has 2 aliphatic heterocycles. The summed E-state index contributed by atoms with van der Waals surface area (Å²) < 4.78 is 5.45. The lowest BCUT2D eigenvalue weighted by Crippen LogP contribution is -2.50. The first kappa shape index (κ1) is 18.1. The third kappa shape index (κ3) is 3.80. The number of hydrogen-bond donors (Lipinski definition) is 1. The lowest BCUT2D eigenvalue weighted by Gasteiger charge is -2.35. The first-order chi connectivity index (χ1) is 12.0. The number of aryl methyl sites for hydroxylation is 1. The van der Waals surface area contributed by atoms with Gasteiger partial charge in [0.1, 0.15) is 5.69 Å². The molecule has 0 spiro atoms. The molecule has 0 aliphatic carbocycles. The highest BCUT2D eigenvalue weighted by atomic mass is 16.5. The summed E-state index contributed by atoms with van der Waals surface area (Å²) in [6, 6.07) is 0. The van der Waals surface area contributed by atoms with Gasteiger partial charge in [0, 0.05) is 50.6 Å². The fraction of sp³-hybridized carbons (Fsp3) is 0.684. The van der Waals surface area contributed by atoms with Gasteiger partial charge >= 0.3 is 0 Å². The number of hydrogen-bond acceptors (Lipinski definition) is 4. The quantitative estimate of drug-likeness (QED) is 0.826. The van der Waals surface area contributed by atoms with Crippen LogP contribution in [0, 0.1) is 12.8 Å². The monoisotopic (exact) mass is 347 g/mol. The molecule has 0 aromatic carbocycles. The van der Waals surface area contributed by atoms with E-state index in [-0.39, 0.29) is 11.7 Å². The molecule has 1 N–H and O–H groups in total. The Balaban J connectivity index is 1.64. The second kappa shape index (κ2) is 7.70. The number of nitrogens with zero attached hydrogens (tertiary/aromatic N) is 2. The fourth-order valence-corrected chi connectivity index (χ4v) is 4.07. The minimum absolute atomic E-state index is 0.0215. The molecule has 1 atom stereocenters. The van der Waals surface area contributed by atoms with Crippen LogP contribution < -0.4 is 0 Å². The van der Waals surface area contributed by atoms with Gasteiger partial charge in [-0.2, -0.15) is 0 Å². The van der Waals surface area contributed by atoms with Gasteiger partial charge in [0.2, 0.25) is 0 Å². The zero-order valence-electron chi connectivity index (χ0n) is 15.6. The zero-order chi connectivity index (χ0) is 18.0. The number of carbonyl (C=O) groups excluding carboxylic acids is 2. The fourth-order valence-electron chi connectivity index (χ4n) is 4.07. The van der Waals surface area contributed by atoms with Crippen molar-refractivity contribution in [1.82, 2.24) is 14.8 Å². The Labute approximate surface area is 149 Å². The Morgan fingerprint density at radius 1 is 1.24 bits per heavy atom. The van der Waals surface area contributed by atoms with E-state index < -0.39 is 0 Å². The number of nitrogens with one attached hydrogen (secondary N) is 1. The van der Waals surface area contributed by atoms with Crippen molar-refractivity contribution in [3.63, 3.8) is 0 Å². The van der Waals surface area contributed by atoms with Crippen LogP contribution in [0.5, 0.6) is 0 Å². The van der Waals surface area contributed by atoms with Gasteiger partial charge in [-0.25, -0.2) is 0 Å². The van der Waals surface area contributed by atoms with Crippen LogP contribution >= 0.6 is 0 Å². The number of aromatic nitrogens is 1. The van der Waals surface area contributed by atoms with Crippen molar-refractivity contribution in [2.75, 3.05) is 45.9 Å². The molecule has 1 aromatic rings. The van der Waals surface area contributed by atoms with Gasteiger partial charge in [-0.05, 0) is 38.2 Å². The molecule has 0 radical (unpaired) electrons. The number of carbonyl (C=O) groups is 2. The maximum Gasteiger partial charge on any atom is 0.270 e. The minimum atomic E-state index is 0.0215. The number of aromatic amines is 1. The summed E-state index contributed by atoms with van der Waals surface area (Å²) in [6.07, 6.45) is 1.83. The Morgan fingerprint density at radius 3 is 2.52 bits per heavy atom. The van der Waals surface area contributed by atoms with E-state index in [1.54, 1.807) is 6.92 Å². The van der Waals surface area contributed by atoms with E-state index in [2.05, 4.69) is 9.88 Å². The van der Waals surface area contributed by atoms with E-state index >= 15 is 0 Å². The maximum absolute atomic E-state index is 13.0. The van der Waals surface area contributed by atoms with Gasteiger partial charge in [-0.1, -0.05) is 6.92 Å². The highest BCUT2D eigenvalue weighted by Gasteiger charge is 2.28. The number of ketones is 1. The lowest BCUT2D eigenvalue weighted by atomic mass is 10.0. The molecular formula is C19H29N3O3. The van der Waals surface area contributed by atoms with Crippen LogP contribution in [0.1, 0.15) is 52.4 Å². The van der Waals surface area contributed by atoms with Crippen LogP contribution in [-0.4, -0.2) is 72.4 Å². The lowest BCUT2D eigenvalue weighted by molar-refractivity contribution is 0.0605. The Hall–Kier alpha value is -1.66. The Kier molecular flexibility index (Phi) is 5.59. The first-order valence-electron chi connectivity index (χ1n) is 9.33. The molecule has 138 valence electrons. The van der Waals surface area contributed by atoms with Gasteiger partial charge in [0.05, 0.1) is 6.61 Å². The molecule has 0 bridgehead atoms. The van der Waals surface area contributed by atoms with Gasteiger partial charge in [-0.3, -0.25) is 14.5 Å². The number of piperazine rings is 1. The molecule has 6 nitrogen and oxygen atoms in total. The molecule has 3 rings (SSSR count). The van der Waals surface area contributed by atoms with Crippen LogP contribution in [0.3, 0.4) is 0 Å². The first-order valence-corrected chi connectivity index (χ1v) is 9.33. The van der Waals surface area contributed by atoms with Gasteiger partial charge < -0.3 is 14.6 Å². The third-order valence-electron chi connectivity index (χ3n) is 5.41. The number of rotatable bonds is 5. The van der Waals surface area contributed by atoms with Crippen molar-refractivity contribution in [3.8, 4) is 0 Å². The van der Waals surface area contributed by atoms with E-state index in [1.165, 1.54) is 0 Å². The molecule has 6 heteroatoms. The summed E-state index contributed by atoms with van der Waals surface area (Å²) in [5, 5.41) is 0. The highest BCUT2D eigenvalue weighted by molar-refractivity contribution is 6.02. The Morgan fingerprint density at radius 2 is 1.96 bits per heavy atom. The highest BCUT2D eigenvalue weighted by Crippen LogP contribution is 2.22. The van der Waals surface area contributed by atoms with E-state index in [9.17, 15) is 9.59 Å². The Bertz CT molecular complexity index is 639. The molecule has 2 aliphatic rings. The molecule has 1 aromatic heterocycles. The van der Waals surface area contributed by atoms with Crippen molar-refractivity contribution in [2.24, 2.45) is 5.92 Å². The van der Waals surface area contributed by atoms with Crippen molar-refractivity contribution < 1.29 is 14.3 Å². The van der Waals surface area contributed by atoms with E-state index in [4.69, 9.17) is 4.74 Å². The molecular weight excluding hydrogens is 318 g/mol. The van der Waals surface area contributed by atoms with Crippen molar-refractivity contribution in [1.29, 1.82) is 0 Å². The second-order valence-corrected chi connectivity index (χ2v) is 7.21. The predicted molar refractivity (Wildman–Crippen MR) is 96.2 cm³/mol. The summed E-state index contributed by atoms with van der Waals surface area (Å²) in [7, 11) is 0. The van der Waals surface area contributed by atoms with Crippen LogP contribution in [0.25, 0.3) is 0 Å².